The zero-order valence-corrected chi connectivity index (χ0v) is 17.6. The molecule has 5 fully saturated rings. The number of ketones is 1. The molecule has 0 amide bonds. The number of rotatable bonds is 5. The highest BCUT2D eigenvalue weighted by Gasteiger charge is 2.56. The highest BCUT2D eigenvalue weighted by molar-refractivity contribution is 6.39. The lowest BCUT2D eigenvalue weighted by atomic mass is 9.53. The van der Waals surface area contributed by atoms with E-state index in [0.29, 0.717) is 45.5 Å². The lowest BCUT2D eigenvalue weighted by Crippen LogP contribution is -2.56. The van der Waals surface area contributed by atoms with E-state index in [0.717, 1.165) is 56.3 Å². The SMILES string of the molecule is O=C1[C@@H]2C[C@H]3C[C@H]1C[C@@](OCc1c(-c4c(Cl)cccc4Cl)noc1C1CC1)(C3)C2. The molecular formula is C23H23Cl2NO3. The Labute approximate surface area is 179 Å². The Kier molecular flexibility index (Phi) is 4.17. The third-order valence-electron chi connectivity index (χ3n) is 7.43. The van der Waals surface area contributed by atoms with Crippen LogP contribution in [0.5, 0.6) is 0 Å². The van der Waals surface area contributed by atoms with E-state index in [4.69, 9.17) is 32.5 Å². The van der Waals surface area contributed by atoms with Gasteiger partial charge >= 0.3 is 0 Å². The predicted molar refractivity (Wildman–Crippen MR) is 110 cm³/mol. The van der Waals surface area contributed by atoms with Crippen molar-refractivity contribution < 1.29 is 14.1 Å². The lowest BCUT2D eigenvalue weighted by Gasteiger charge is -2.55. The Hall–Kier alpha value is -1.36. The average molecular weight is 432 g/mol. The maximum Gasteiger partial charge on any atom is 0.145 e. The Bertz CT molecular complexity index is 958. The summed E-state index contributed by atoms with van der Waals surface area (Å²) in [5.74, 6) is 2.83. The van der Waals surface area contributed by atoms with Crippen LogP contribution in [0.1, 0.15) is 62.2 Å². The first-order valence-electron chi connectivity index (χ1n) is 10.6. The van der Waals surface area contributed by atoms with Crippen molar-refractivity contribution in [3.8, 4) is 11.3 Å². The highest BCUT2D eigenvalue weighted by Crippen LogP contribution is 2.56. The van der Waals surface area contributed by atoms with Crippen molar-refractivity contribution in [1.82, 2.24) is 5.16 Å². The Balaban J connectivity index is 1.33. The zero-order chi connectivity index (χ0) is 19.8. The first kappa shape index (κ1) is 18.4. The number of aromatic nitrogens is 1. The molecule has 0 radical (unpaired) electrons. The van der Waals surface area contributed by atoms with Gasteiger partial charge in [-0.3, -0.25) is 4.79 Å². The molecule has 4 atom stereocenters. The van der Waals surface area contributed by atoms with Crippen LogP contribution in [0.2, 0.25) is 10.0 Å². The number of ether oxygens (including phenoxy) is 1. The minimum Gasteiger partial charge on any atom is -0.370 e. The third-order valence-corrected chi connectivity index (χ3v) is 8.06. The molecule has 152 valence electrons. The summed E-state index contributed by atoms with van der Waals surface area (Å²) in [6, 6.07) is 5.48. The van der Waals surface area contributed by atoms with Gasteiger partial charge in [0.25, 0.3) is 0 Å². The number of Topliss-reactive ketones (excluding diaryl/α,β-unsaturated/α-hetero) is 1. The van der Waals surface area contributed by atoms with E-state index >= 15 is 0 Å². The van der Waals surface area contributed by atoms with E-state index in [1.54, 1.807) is 0 Å². The van der Waals surface area contributed by atoms with Gasteiger partial charge in [0, 0.05) is 28.9 Å². The van der Waals surface area contributed by atoms with Crippen molar-refractivity contribution in [3.05, 3.63) is 39.6 Å². The molecule has 5 aliphatic rings. The second-order valence-corrected chi connectivity index (χ2v) is 10.3. The molecule has 4 nitrogen and oxygen atoms in total. The fourth-order valence-corrected chi connectivity index (χ4v) is 6.70. The molecule has 0 aliphatic heterocycles. The fourth-order valence-electron chi connectivity index (χ4n) is 6.13. The highest BCUT2D eigenvalue weighted by atomic mass is 35.5. The molecule has 5 saturated carbocycles. The molecule has 5 aliphatic carbocycles. The molecule has 0 N–H and O–H groups in total. The molecule has 7 rings (SSSR count). The summed E-state index contributed by atoms with van der Waals surface area (Å²) in [5.41, 5.74) is 2.21. The first-order valence-corrected chi connectivity index (χ1v) is 11.4. The van der Waals surface area contributed by atoms with E-state index in [9.17, 15) is 4.79 Å². The van der Waals surface area contributed by atoms with Crippen LogP contribution in [0.3, 0.4) is 0 Å². The van der Waals surface area contributed by atoms with Gasteiger partial charge in [0.15, 0.2) is 0 Å². The van der Waals surface area contributed by atoms with Crippen LogP contribution in [-0.2, 0) is 16.1 Å². The van der Waals surface area contributed by atoms with Gasteiger partial charge in [-0.2, -0.15) is 0 Å². The van der Waals surface area contributed by atoms with Crippen molar-refractivity contribution in [2.75, 3.05) is 0 Å². The molecule has 2 aromatic rings. The lowest BCUT2D eigenvalue weighted by molar-refractivity contribution is -0.179. The summed E-state index contributed by atoms with van der Waals surface area (Å²) in [4.78, 5) is 12.5. The van der Waals surface area contributed by atoms with Gasteiger partial charge in [0.2, 0.25) is 0 Å². The molecule has 0 saturated heterocycles. The van der Waals surface area contributed by atoms with Crippen LogP contribution in [0.25, 0.3) is 11.3 Å². The van der Waals surface area contributed by atoms with Crippen molar-refractivity contribution in [1.29, 1.82) is 0 Å². The maximum absolute atomic E-state index is 12.5. The van der Waals surface area contributed by atoms with E-state index in [1.807, 2.05) is 18.2 Å². The molecule has 0 spiro atoms. The second kappa shape index (κ2) is 6.57. The number of hydrogen-bond acceptors (Lipinski definition) is 4. The van der Waals surface area contributed by atoms with Crippen LogP contribution in [0.4, 0.5) is 0 Å². The van der Waals surface area contributed by atoms with Crippen molar-refractivity contribution in [3.63, 3.8) is 0 Å². The monoisotopic (exact) mass is 431 g/mol. The molecule has 1 aromatic carbocycles. The summed E-state index contributed by atoms with van der Waals surface area (Å²) in [6.07, 6.45) is 7.14. The Morgan fingerprint density at radius 3 is 2.41 bits per heavy atom. The summed E-state index contributed by atoms with van der Waals surface area (Å²) < 4.78 is 12.4. The summed E-state index contributed by atoms with van der Waals surface area (Å²) >= 11 is 12.9. The maximum atomic E-state index is 12.5. The standard InChI is InChI=1S/C23H23Cl2NO3/c24-17-2-1-3-18(25)19(17)20-16(22(29-26-20)13-4-5-13)11-28-23-8-12-6-14(9-23)21(27)15(7-12)10-23/h1-3,12-15H,4-11H2/t12-,14+,15-,23+. The van der Waals surface area contributed by atoms with Crippen LogP contribution in [-0.4, -0.2) is 16.5 Å². The number of halogens is 2. The molecule has 0 unspecified atom stereocenters. The van der Waals surface area contributed by atoms with Gasteiger partial charge in [-0.05, 0) is 63.0 Å². The Morgan fingerprint density at radius 2 is 1.76 bits per heavy atom. The zero-order valence-electron chi connectivity index (χ0n) is 16.1. The van der Waals surface area contributed by atoms with Gasteiger partial charge in [-0.15, -0.1) is 0 Å². The summed E-state index contributed by atoms with van der Waals surface area (Å²) in [7, 11) is 0. The van der Waals surface area contributed by atoms with Crippen molar-refractivity contribution >= 4 is 29.0 Å². The van der Waals surface area contributed by atoms with Crippen LogP contribution >= 0.6 is 23.2 Å². The molecule has 1 heterocycles. The second-order valence-electron chi connectivity index (χ2n) is 9.46. The predicted octanol–water partition coefficient (Wildman–Crippen LogP) is 6.19. The van der Waals surface area contributed by atoms with E-state index in [-0.39, 0.29) is 17.4 Å². The van der Waals surface area contributed by atoms with Gasteiger partial charge in [0.1, 0.15) is 17.2 Å². The van der Waals surface area contributed by atoms with Gasteiger partial charge < -0.3 is 9.26 Å². The molecular weight excluding hydrogens is 409 g/mol. The summed E-state index contributed by atoms with van der Waals surface area (Å²) in [5, 5.41) is 5.50. The third kappa shape index (κ3) is 2.98. The van der Waals surface area contributed by atoms with E-state index in [2.05, 4.69) is 5.16 Å². The van der Waals surface area contributed by atoms with Crippen molar-refractivity contribution in [2.24, 2.45) is 17.8 Å². The molecule has 29 heavy (non-hydrogen) atoms. The number of hydrogen-bond donors (Lipinski definition) is 0. The van der Waals surface area contributed by atoms with Crippen LogP contribution in [0, 0.1) is 17.8 Å². The number of carbonyl (C=O) groups is 1. The van der Waals surface area contributed by atoms with Crippen LogP contribution in [0.15, 0.2) is 22.7 Å². The van der Waals surface area contributed by atoms with E-state index < -0.39 is 0 Å². The minimum absolute atomic E-state index is 0.177. The summed E-state index contributed by atoms with van der Waals surface area (Å²) in [6.45, 7) is 0.437. The van der Waals surface area contributed by atoms with Crippen LogP contribution < -0.4 is 0 Å². The first-order chi connectivity index (χ1) is 14.0. The number of carbonyl (C=O) groups excluding carboxylic acids is 1. The normalized spacial score (nSPS) is 32.9. The largest absolute Gasteiger partial charge is 0.370 e. The minimum atomic E-state index is -0.177. The number of nitrogens with zero attached hydrogens (tertiary/aromatic N) is 1. The molecule has 6 heteroatoms. The number of benzene rings is 1. The average Bonchev–Trinajstić information content (AvgIpc) is 3.44. The molecule has 4 bridgehead atoms. The van der Waals surface area contributed by atoms with Crippen molar-refractivity contribution in [2.45, 2.75) is 63.1 Å². The van der Waals surface area contributed by atoms with E-state index in [1.165, 1.54) is 0 Å². The smallest absolute Gasteiger partial charge is 0.145 e. The quantitative estimate of drug-likeness (QED) is 0.565. The molecule has 1 aromatic heterocycles. The fraction of sp³-hybridized carbons (Fsp3) is 0.565. The van der Waals surface area contributed by atoms with Gasteiger partial charge in [0.05, 0.1) is 22.3 Å². The van der Waals surface area contributed by atoms with Gasteiger partial charge in [-0.1, -0.05) is 34.4 Å². The van der Waals surface area contributed by atoms with Gasteiger partial charge in [-0.25, -0.2) is 0 Å². The topological polar surface area (TPSA) is 52.3 Å². The Morgan fingerprint density at radius 1 is 1.07 bits per heavy atom.